The van der Waals surface area contributed by atoms with Crippen LogP contribution in [0.2, 0.25) is 5.28 Å². The predicted octanol–water partition coefficient (Wildman–Crippen LogP) is 0.864. The quantitative estimate of drug-likeness (QED) is 0.763. The van der Waals surface area contributed by atoms with Gasteiger partial charge in [0.05, 0.1) is 15.9 Å². The summed E-state index contributed by atoms with van der Waals surface area (Å²) in [5.74, 6) is 0. The van der Waals surface area contributed by atoms with Crippen molar-refractivity contribution in [1.29, 1.82) is 0 Å². The van der Waals surface area contributed by atoms with Crippen LogP contribution >= 0.6 is 11.6 Å². The average Bonchev–Trinajstić information content (AvgIpc) is 2.41. The van der Waals surface area contributed by atoms with Gasteiger partial charge < -0.3 is 4.98 Å². The largest absolute Gasteiger partial charge is 0.329 e. The Bertz CT molecular complexity index is 590. The second-order valence-electron chi connectivity index (χ2n) is 2.75. The number of rotatable bonds is 1. The van der Waals surface area contributed by atoms with Gasteiger partial charge in [-0.2, -0.15) is 0 Å². The molecule has 1 aromatic heterocycles. The molecular formula is C7H6ClN3O2S. The fraction of sp³-hybridized carbons (Fsp3) is 0. The summed E-state index contributed by atoms with van der Waals surface area (Å²) in [5, 5.41) is 5.17. The number of aromatic nitrogens is 2. The number of fused-ring (bicyclic) bond motifs is 1. The number of H-pyrrole nitrogens is 1. The van der Waals surface area contributed by atoms with Gasteiger partial charge in [-0.3, -0.25) is 0 Å². The van der Waals surface area contributed by atoms with E-state index in [1.54, 1.807) is 0 Å². The maximum atomic E-state index is 11.0. The maximum Gasteiger partial charge on any atom is 0.238 e. The summed E-state index contributed by atoms with van der Waals surface area (Å²) in [5.41, 5.74) is 1.14. The summed E-state index contributed by atoms with van der Waals surface area (Å²) in [4.78, 5) is 6.65. The van der Waals surface area contributed by atoms with Crippen molar-refractivity contribution in [1.82, 2.24) is 9.97 Å². The van der Waals surface area contributed by atoms with Crippen LogP contribution in [0.25, 0.3) is 11.0 Å². The van der Waals surface area contributed by atoms with Crippen LogP contribution < -0.4 is 5.14 Å². The van der Waals surface area contributed by atoms with Crippen LogP contribution in [0.1, 0.15) is 0 Å². The van der Waals surface area contributed by atoms with Crippen LogP contribution in [-0.4, -0.2) is 18.4 Å². The van der Waals surface area contributed by atoms with Crippen molar-refractivity contribution in [2.45, 2.75) is 4.90 Å². The van der Waals surface area contributed by atoms with E-state index in [1.807, 2.05) is 0 Å². The molecule has 7 heteroatoms. The monoisotopic (exact) mass is 231 g/mol. The summed E-state index contributed by atoms with van der Waals surface area (Å²) >= 11 is 5.60. The molecule has 0 bridgehead atoms. The molecule has 0 aliphatic rings. The van der Waals surface area contributed by atoms with E-state index >= 15 is 0 Å². The zero-order valence-electron chi connectivity index (χ0n) is 6.86. The standard InChI is InChI=1S/C7H6ClN3O2S/c8-7-10-5-2-1-4(14(9,12)13)3-6(5)11-7/h1-3H,(H,10,11)(H2,9,12,13). The molecule has 1 aromatic carbocycles. The van der Waals surface area contributed by atoms with Crippen LogP contribution in [-0.2, 0) is 10.0 Å². The Balaban J connectivity index is 2.74. The maximum absolute atomic E-state index is 11.0. The fourth-order valence-electron chi connectivity index (χ4n) is 1.13. The molecule has 3 N–H and O–H groups in total. The van der Waals surface area contributed by atoms with E-state index < -0.39 is 10.0 Å². The molecule has 5 nitrogen and oxygen atoms in total. The first-order valence-corrected chi connectivity index (χ1v) is 5.57. The second-order valence-corrected chi connectivity index (χ2v) is 4.67. The molecule has 0 amide bonds. The van der Waals surface area contributed by atoms with Gasteiger partial charge in [0.2, 0.25) is 15.3 Å². The number of sulfonamides is 1. The summed E-state index contributed by atoms with van der Waals surface area (Å²) in [6, 6.07) is 4.32. The number of benzene rings is 1. The number of halogens is 1. The highest BCUT2D eigenvalue weighted by molar-refractivity contribution is 7.89. The Labute approximate surface area is 84.9 Å². The van der Waals surface area contributed by atoms with E-state index in [9.17, 15) is 8.42 Å². The molecule has 0 aliphatic carbocycles. The third-order valence-corrected chi connectivity index (χ3v) is 2.84. The van der Waals surface area contributed by atoms with E-state index in [1.165, 1.54) is 18.2 Å². The Morgan fingerprint density at radius 3 is 2.79 bits per heavy atom. The Morgan fingerprint density at radius 1 is 1.43 bits per heavy atom. The molecule has 2 rings (SSSR count). The molecular weight excluding hydrogens is 226 g/mol. The molecule has 2 aromatic rings. The lowest BCUT2D eigenvalue weighted by Crippen LogP contribution is -2.11. The number of primary sulfonamides is 1. The SMILES string of the molecule is NS(=O)(=O)c1ccc2nc(Cl)[nH]c2c1. The minimum absolute atomic E-state index is 0.0327. The average molecular weight is 232 g/mol. The summed E-state index contributed by atoms with van der Waals surface area (Å²) in [7, 11) is -3.68. The van der Waals surface area contributed by atoms with Crippen LogP contribution in [0.4, 0.5) is 0 Å². The van der Waals surface area contributed by atoms with Gasteiger partial charge in [0.1, 0.15) is 0 Å². The number of hydrogen-bond donors (Lipinski definition) is 2. The van der Waals surface area contributed by atoms with Gasteiger partial charge in [-0.05, 0) is 29.8 Å². The molecule has 0 spiro atoms. The summed E-state index contributed by atoms with van der Waals surface area (Å²) in [6.07, 6.45) is 0. The van der Waals surface area contributed by atoms with Crippen molar-refractivity contribution in [2.24, 2.45) is 5.14 Å². The van der Waals surface area contributed by atoms with Crippen LogP contribution in [0, 0.1) is 0 Å². The molecule has 0 radical (unpaired) electrons. The minimum Gasteiger partial charge on any atom is -0.329 e. The highest BCUT2D eigenvalue weighted by atomic mass is 35.5. The molecule has 14 heavy (non-hydrogen) atoms. The second kappa shape index (κ2) is 2.94. The molecule has 0 atom stereocenters. The first-order valence-electron chi connectivity index (χ1n) is 3.65. The van der Waals surface area contributed by atoms with Gasteiger partial charge in [0, 0.05) is 0 Å². The van der Waals surface area contributed by atoms with E-state index in [2.05, 4.69) is 9.97 Å². The van der Waals surface area contributed by atoms with Gasteiger partial charge >= 0.3 is 0 Å². The van der Waals surface area contributed by atoms with Crippen molar-refractivity contribution >= 4 is 32.7 Å². The smallest absolute Gasteiger partial charge is 0.238 e. The van der Waals surface area contributed by atoms with Gasteiger partial charge in [0.15, 0.2) is 0 Å². The number of hydrogen-bond acceptors (Lipinski definition) is 3. The number of nitrogens with zero attached hydrogens (tertiary/aromatic N) is 1. The van der Waals surface area contributed by atoms with Crippen molar-refractivity contribution in [2.75, 3.05) is 0 Å². The number of nitrogens with one attached hydrogen (secondary N) is 1. The fourth-order valence-corrected chi connectivity index (χ4v) is 1.87. The number of nitrogens with two attached hydrogens (primary N) is 1. The van der Waals surface area contributed by atoms with Crippen molar-refractivity contribution in [3.63, 3.8) is 0 Å². The Kier molecular flexibility index (Phi) is 1.99. The first-order chi connectivity index (χ1) is 6.47. The van der Waals surface area contributed by atoms with Crippen LogP contribution in [0.3, 0.4) is 0 Å². The molecule has 0 aliphatic heterocycles. The Morgan fingerprint density at radius 2 is 2.14 bits per heavy atom. The van der Waals surface area contributed by atoms with Crippen LogP contribution in [0.5, 0.6) is 0 Å². The number of aromatic amines is 1. The zero-order chi connectivity index (χ0) is 10.3. The lowest BCUT2D eigenvalue weighted by Gasteiger charge is -1.96. The van der Waals surface area contributed by atoms with Crippen LogP contribution in [0.15, 0.2) is 23.1 Å². The normalized spacial score (nSPS) is 12.1. The molecule has 0 unspecified atom stereocenters. The van der Waals surface area contributed by atoms with Gasteiger partial charge in [-0.15, -0.1) is 0 Å². The van der Waals surface area contributed by atoms with Crippen molar-refractivity contribution in [3.8, 4) is 0 Å². The molecule has 74 valence electrons. The zero-order valence-corrected chi connectivity index (χ0v) is 8.43. The molecule has 0 saturated carbocycles. The lowest BCUT2D eigenvalue weighted by atomic mass is 10.3. The highest BCUT2D eigenvalue weighted by Crippen LogP contribution is 2.17. The summed E-state index contributed by atoms with van der Waals surface area (Å²) < 4.78 is 22.0. The molecule has 0 fully saturated rings. The van der Waals surface area contributed by atoms with E-state index in [0.29, 0.717) is 11.0 Å². The van der Waals surface area contributed by atoms with Gasteiger partial charge in [0.25, 0.3) is 0 Å². The van der Waals surface area contributed by atoms with E-state index in [4.69, 9.17) is 16.7 Å². The topological polar surface area (TPSA) is 88.8 Å². The predicted molar refractivity (Wildman–Crippen MR) is 52.5 cm³/mol. The Hall–Kier alpha value is -1.11. The first kappa shape index (κ1) is 9.45. The van der Waals surface area contributed by atoms with Gasteiger partial charge in [-0.25, -0.2) is 18.5 Å². The lowest BCUT2D eigenvalue weighted by molar-refractivity contribution is 0.598. The third-order valence-electron chi connectivity index (χ3n) is 1.75. The van der Waals surface area contributed by atoms with E-state index in [-0.39, 0.29) is 10.2 Å². The van der Waals surface area contributed by atoms with E-state index in [0.717, 1.165) is 0 Å². The molecule has 0 saturated heterocycles. The minimum atomic E-state index is -3.68. The highest BCUT2D eigenvalue weighted by Gasteiger charge is 2.09. The summed E-state index contributed by atoms with van der Waals surface area (Å²) in [6.45, 7) is 0. The third kappa shape index (κ3) is 1.59. The molecule has 1 heterocycles. The van der Waals surface area contributed by atoms with Crippen molar-refractivity contribution < 1.29 is 8.42 Å². The van der Waals surface area contributed by atoms with Crippen molar-refractivity contribution in [3.05, 3.63) is 23.5 Å². The van der Waals surface area contributed by atoms with Gasteiger partial charge in [-0.1, -0.05) is 0 Å². The number of imidazole rings is 1.